The number of anilines is 2. The molecule has 0 aliphatic carbocycles. The second-order valence-electron chi connectivity index (χ2n) is 5.36. The van der Waals surface area contributed by atoms with E-state index in [1.54, 1.807) is 0 Å². The van der Waals surface area contributed by atoms with Crippen LogP contribution >= 0.6 is 0 Å². The normalized spacial score (nSPS) is 13.5. The van der Waals surface area contributed by atoms with E-state index in [1.807, 2.05) is 37.3 Å². The van der Waals surface area contributed by atoms with Crippen LogP contribution < -0.4 is 10.6 Å². The van der Waals surface area contributed by atoms with Crippen molar-refractivity contribution in [1.82, 2.24) is 0 Å². The number of aromatic hydroxyl groups is 1. The lowest BCUT2D eigenvalue weighted by molar-refractivity contribution is -0.116. The van der Waals surface area contributed by atoms with E-state index >= 15 is 0 Å². The molecule has 3 rings (SSSR count). The van der Waals surface area contributed by atoms with Gasteiger partial charge in [0.25, 0.3) is 0 Å². The molecule has 1 aliphatic heterocycles. The van der Waals surface area contributed by atoms with Gasteiger partial charge in [0.15, 0.2) is 0 Å². The number of phenolic OH excluding ortho intramolecular Hbond substituents is 1. The molecule has 4 nitrogen and oxygen atoms in total. The van der Waals surface area contributed by atoms with Crippen molar-refractivity contribution >= 4 is 17.3 Å². The van der Waals surface area contributed by atoms with Crippen molar-refractivity contribution in [2.45, 2.75) is 26.3 Å². The Morgan fingerprint density at radius 3 is 2.95 bits per heavy atom. The summed E-state index contributed by atoms with van der Waals surface area (Å²) in [5.74, 6) is 0.420. The van der Waals surface area contributed by atoms with Gasteiger partial charge in [-0.2, -0.15) is 0 Å². The molecule has 108 valence electrons. The molecular formula is C17H18N2O2. The van der Waals surface area contributed by atoms with E-state index in [-0.39, 0.29) is 5.91 Å². The summed E-state index contributed by atoms with van der Waals surface area (Å²) in [4.78, 5) is 11.3. The van der Waals surface area contributed by atoms with Gasteiger partial charge in [-0.1, -0.05) is 18.2 Å². The number of rotatable bonds is 3. The second-order valence-corrected chi connectivity index (χ2v) is 5.36. The molecule has 1 aliphatic rings. The lowest BCUT2D eigenvalue weighted by atomic mass is 10.0. The molecule has 4 heteroatoms. The van der Waals surface area contributed by atoms with E-state index in [2.05, 4.69) is 16.7 Å². The molecule has 1 heterocycles. The fourth-order valence-electron chi connectivity index (χ4n) is 2.55. The molecule has 0 fully saturated rings. The lowest BCUT2D eigenvalue weighted by Gasteiger charge is -2.18. The van der Waals surface area contributed by atoms with Crippen LogP contribution in [-0.2, 0) is 17.8 Å². The minimum absolute atomic E-state index is 0.0768. The Morgan fingerprint density at radius 2 is 2.10 bits per heavy atom. The number of hydrogen-bond acceptors (Lipinski definition) is 3. The first-order valence-electron chi connectivity index (χ1n) is 7.07. The van der Waals surface area contributed by atoms with E-state index in [0.29, 0.717) is 18.7 Å². The summed E-state index contributed by atoms with van der Waals surface area (Å²) >= 11 is 0. The number of benzene rings is 2. The van der Waals surface area contributed by atoms with Crippen molar-refractivity contribution in [3.63, 3.8) is 0 Å². The summed E-state index contributed by atoms with van der Waals surface area (Å²) in [7, 11) is 0. The molecule has 0 spiro atoms. The molecule has 0 bridgehead atoms. The van der Waals surface area contributed by atoms with Gasteiger partial charge in [0, 0.05) is 29.9 Å². The SMILES string of the molecule is Cc1cccc(CNc2ccc3c(c2)CCC(=O)N3)c1O. The molecule has 2 aromatic rings. The van der Waals surface area contributed by atoms with Gasteiger partial charge in [0.1, 0.15) is 5.75 Å². The first kappa shape index (κ1) is 13.5. The Labute approximate surface area is 123 Å². The maximum absolute atomic E-state index is 11.3. The van der Waals surface area contributed by atoms with Crippen LogP contribution in [0.1, 0.15) is 23.1 Å². The summed E-state index contributed by atoms with van der Waals surface area (Å²) in [5.41, 5.74) is 4.79. The van der Waals surface area contributed by atoms with E-state index in [0.717, 1.165) is 34.5 Å². The third-order valence-corrected chi connectivity index (χ3v) is 3.81. The van der Waals surface area contributed by atoms with Gasteiger partial charge in [-0.3, -0.25) is 4.79 Å². The van der Waals surface area contributed by atoms with Crippen LogP contribution in [0.15, 0.2) is 36.4 Å². The van der Waals surface area contributed by atoms with E-state index in [4.69, 9.17) is 0 Å². The van der Waals surface area contributed by atoms with Gasteiger partial charge in [-0.05, 0) is 42.7 Å². The Kier molecular flexibility index (Phi) is 3.52. The Balaban J connectivity index is 1.74. The second kappa shape index (κ2) is 5.48. The molecule has 0 unspecified atom stereocenters. The summed E-state index contributed by atoms with van der Waals surface area (Å²) in [6.45, 7) is 2.46. The smallest absolute Gasteiger partial charge is 0.224 e. The van der Waals surface area contributed by atoms with E-state index in [9.17, 15) is 9.90 Å². The van der Waals surface area contributed by atoms with Gasteiger partial charge in [0.05, 0.1) is 0 Å². The zero-order chi connectivity index (χ0) is 14.8. The summed E-state index contributed by atoms with van der Waals surface area (Å²) < 4.78 is 0. The predicted octanol–water partition coefficient (Wildman–Crippen LogP) is 3.20. The minimum Gasteiger partial charge on any atom is -0.507 e. The number of amides is 1. The first-order chi connectivity index (χ1) is 10.1. The van der Waals surface area contributed by atoms with Gasteiger partial charge >= 0.3 is 0 Å². The summed E-state index contributed by atoms with van der Waals surface area (Å²) in [6.07, 6.45) is 1.31. The summed E-state index contributed by atoms with van der Waals surface area (Å²) in [5, 5.41) is 16.2. The quantitative estimate of drug-likeness (QED) is 0.810. The molecule has 1 amide bonds. The van der Waals surface area contributed by atoms with Crippen LogP contribution in [0.5, 0.6) is 5.75 Å². The van der Waals surface area contributed by atoms with Crippen LogP contribution in [0.25, 0.3) is 0 Å². The molecule has 21 heavy (non-hydrogen) atoms. The molecular weight excluding hydrogens is 264 g/mol. The highest BCUT2D eigenvalue weighted by molar-refractivity contribution is 5.94. The number of nitrogens with one attached hydrogen (secondary N) is 2. The zero-order valence-corrected chi connectivity index (χ0v) is 11.9. The predicted molar refractivity (Wildman–Crippen MR) is 83.6 cm³/mol. The number of phenols is 1. The number of para-hydroxylation sites is 1. The fourth-order valence-corrected chi connectivity index (χ4v) is 2.55. The van der Waals surface area contributed by atoms with Crippen LogP contribution in [0.3, 0.4) is 0 Å². The monoisotopic (exact) mass is 282 g/mol. The highest BCUT2D eigenvalue weighted by Crippen LogP contribution is 2.27. The van der Waals surface area contributed by atoms with Crippen LogP contribution in [-0.4, -0.2) is 11.0 Å². The molecule has 0 atom stereocenters. The molecule has 0 aromatic heterocycles. The fraction of sp³-hybridized carbons (Fsp3) is 0.235. The maximum atomic E-state index is 11.3. The first-order valence-corrected chi connectivity index (χ1v) is 7.07. The van der Waals surface area contributed by atoms with Crippen molar-refractivity contribution < 1.29 is 9.90 Å². The number of hydrogen-bond donors (Lipinski definition) is 3. The van der Waals surface area contributed by atoms with Crippen LogP contribution in [0.4, 0.5) is 11.4 Å². The third-order valence-electron chi connectivity index (χ3n) is 3.81. The highest BCUT2D eigenvalue weighted by atomic mass is 16.3. The average molecular weight is 282 g/mol. The van der Waals surface area contributed by atoms with Crippen LogP contribution in [0, 0.1) is 6.92 Å². The zero-order valence-electron chi connectivity index (χ0n) is 11.9. The van der Waals surface area contributed by atoms with Crippen molar-refractivity contribution in [3.8, 4) is 5.75 Å². The molecule has 2 aromatic carbocycles. The molecule has 3 N–H and O–H groups in total. The number of fused-ring (bicyclic) bond motifs is 1. The van der Waals surface area contributed by atoms with Gasteiger partial charge in [0.2, 0.25) is 5.91 Å². The van der Waals surface area contributed by atoms with Gasteiger partial charge < -0.3 is 15.7 Å². The largest absolute Gasteiger partial charge is 0.507 e. The highest BCUT2D eigenvalue weighted by Gasteiger charge is 2.14. The lowest BCUT2D eigenvalue weighted by Crippen LogP contribution is -2.18. The van der Waals surface area contributed by atoms with Crippen molar-refractivity contribution in [1.29, 1.82) is 0 Å². The van der Waals surface area contributed by atoms with Crippen molar-refractivity contribution in [2.75, 3.05) is 10.6 Å². The minimum atomic E-state index is 0.0768. The Morgan fingerprint density at radius 1 is 1.24 bits per heavy atom. The molecule has 0 radical (unpaired) electrons. The number of aryl methyl sites for hydroxylation is 2. The van der Waals surface area contributed by atoms with Crippen molar-refractivity contribution in [3.05, 3.63) is 53.1 Å². The molecule has 0 saturated heterocycles. The maximum Gasteiger partial charge on any atom is 0.224 e. The van der Waals surface area contributed by atoms with Crippen LogP contribution in [0.2, 0.25) is 0 Å². The molecule has 0 saturated carbocycles. The van der Waals surface area contributed by atoms with Crippen molar-refractivity contribution in [2.24, 2.45) is 0 Å². The average Bonchev–Trinajstić information content (AvgIpc) is 2.49. The Bertz CT molecular complexity index is 695. The number of carbonyl (C=O) groups is 1. The van der Waals surface area contributed by atoms with E-state index in [1.165, 1.54) is 0 Å². The van der Waals surface area contributed by atoms with Gasteiger partial charge in [-0.25, -0.2) is 0 Å². The van der Waals surface area contributed by atoms with E-state index < -0.39 is 0 Å². The summed E-state index contributed by atoms with van der Waals surface area (Å²) in [6, 6.07) is 11.7. The topological polar surface area (TPSA) is 61.4 Å². The third kappa shape index (κ3) is 2.84. The Hall–Kier alpha value is -2.49. The van der Waals surface area contributed by atoms with Gasteiger partial charge in [-0.15, -0.1) is 0 Å². The standard InChI is InChI=1S/C17H18N2O2/c1-11-3-2-4-13(17(11)21)10-18-14-6-7-15-12(9-14)5-8-16(20)19-15/h2-4,6-7,9,18,21H,5,8,10H2,1H3,(H,19,20). The number of carbonyl (C=O) groups excluding carboxylic acids is 1.